The van der Waals surface area contributed by atoms with Gasteiger partial charge < -0.3 is 4.90 Å². The lowest BCUT2D eigenvalue weighted by atomic mass is 10.1. The number of hydrogen-bond donors (Lipinski definition) is 0. The van der Waals surface area contributed by atoms with Gasteiger partial charge in [-0.3, -0.25) is 14.2 Å². The highest BCUT2D eigenvalue weighted by Gasteiger charge is 2.22. The van der Waals surface area contributed by atoms with Crippen molar-refractivity contribution in [1.82, 2.24) is 14.5 Å². The molecule has 152 valence electrons. The van der Waals surface area contributed by atoms with Crippen LogP contribution in [0.5, 0.6) is 0 Å². The molecule has 8 heteroatoms. The predicted octanol–water partition coefficient (Wildman–Crippen LogP) is 4.39. The second kappa shape index (κ2) is 8.67. The molecule has 1 aromatic carbocycles. The summed E-state index contributed by atoms with van der Waals surface area (Å²) in [6, 6.07) is 6.16. The number of thiophene rings is 1. The zero-order chi connectivity index (χ0) is 20.4. The van der Waals surface area contributed by atoms with E-state index >= 15 is 0 Å². The third kappa shape index (κ3) is 4.09. The molecule has 29 heavy (non-hydrogen) atoms. The standard InChI is InChI=1S/C21H22FN3O2S2/c1-2-3-11-25-20(27)18-16(14-5-7-15(22)8-6-14)12-28-19(18)23-21(25)29-13-17(26)24-9-4-10-24/h5-8,12H,2-4,9-11,13H2,1H3. The van der Waals surface area contributed by atoms with E-state index < -0.39 is 0 Å². The van der Waals surface area contributed by atoms with Gasteiger partial charge >= 0.3 is 0 Å². The van der Waals surface area contributed by atoms with E-state index in [1.165, 1.54) is 35.2 Å². The van der Waals surface area contributed by atoms with Crippen molar-refractivity contribution in [2.45, 2.75) is 37.9 Å². The minimum atomic E-state index is -0.308. The molecule has 0 radical (unpaired) electrons. The Balaban J connectivity index is 1.72. The summed E-state index contributed by atoms with van der Waals surface area (Å²) in [6.45, 7) is 4.28. The van der Waals surface area contributed by atoms with E-state index in [9.17, 15) is 14.0 Å². The molecule has 0 unspecified atom stereocenters. The summed E-state index contributed by atoms with van der Waals surface area (Å²) >= 11 is 2.74. The van der Waals surface area contributed by atoms with Gasteiger partial charge in [0.25, 0.3) is 5.56 Å². The average molecular weight is 432 g/mol. The molecule has 3 heterocycles. The first-order valence-electron chi connectivity index (χ1n) is 9.77. The van der Waals surface area contributed by atoms with Crippen molar-refractivity contribution < 1.29 is 9.18 Å². The SMILES string of the molecule is CCCCn1c(SCC(=O)N2CCC2)nc2scc(-c3ccc(F)cc3)c2c1=O. The molecule has 0 bridgehead atoms. The number of likely N-dealkylation sites (tertiary alicyclic amines) is 1. The number of hydrogen-bond acceptors (Lipinski definition) is 5. The second-order valence-corrected chi connectivity index (χ2v) is 8.86. The third-order valence-corrected chi connectivity index (χ3v) is 6.92. The summed E-state index contributed by atoms with van der Waals surface area (Å²) in [4.78, 5) is 32.8. The Hall–Kier alpha value is -2.19. The molecule has 1 aliphatic heterocycles. The summed E-state index contributed by atoms with van der Waals surface area (Å²) in [5.41, 5.74) is 1.48. The van der Waals surface area contributed by atoms with Gasteiger partial charge in [-0.25, -0.2) is 9.37 Å². The molecule has 0 N–H and O–H groups in total. The van der Waals surface area contributed by atoms with Crippen LogP contribution < -0.4 is 5.56 Å². The first-order chi connectivity index (χ1) is 14.1. The van der Waals surface area contributed by atoms with E-state index in [1.807, 2.05) is 10.3 Å². The van der Waals surface area contributed by atoms with Crippen molar-refractivity contribution >= 4 is 39.2 Å². The number of thioether (sulfide) groups is 1. The number of fused-ring (bicyclic) bond motifs is 1. The fourth-order valence-electron chi connectivity index (χ4n) is 3.25. The Kier molecular flexibility index (Phi) is 6.01. The Morgan fingerprint density at radius 3 is 2.69 bits per heavy atom. The van der Waals surface area contributed by atoms with E-state index in [0.717, 1.165) is 43.5 Å². The first kappa shape index (κ1) is 20.1. The number of unbranched alkanes of at least 4 members (excludes halogenated alkanes) is 1. The summed E-state index contributed by atoms with van der Waals surface area (Å²) in [7, 11) is 0. The van der Waals surface area contributed by atoms with Gasteiger partial charge in [0.1, 0.15) is 10.6 Å². The molecule has 1 fully saturated rings. The van der Waals surface area contributed by atoms with Gasteiger partial charge in [-0.15, -0.1) is 11.3 Å². The summed E-state index contributed by atoms with van der Waals surface area (Å²) in [6.07, 6.45) is 2.87. The average Bonchev–Trinajstić information content (AvgIpc) is 3.09. The van der Waals surface area contributed by atoms with Crippen LogP contribution in [-0.2, 0) is 11.3 Å². The maximum atomic E-state index is 13.4. The Morgan fingerprint density at radius 2 is 2.03 bits per heavy atom. The summed E-state index contributed by atoms with van der Waals surface area (Å²) in [5.74, 6) is 0.0772. The van der Waals surface area contributed by atoms with E-state index in [0.29, 0.717) is 27.7 Å². The van der Waals surface area contributed by atoms with Crippen LogP contribution in [0.15, 0.2) is 39.6 Å². The number of amides is 1. The topological polar surface area (TPSA) is 55.2 Å². The lowest BCUT2D eigenvalue weighted by molar-refractivity contribution is -0.131. The molecular weight excluding hydrogens is 409 g/mol. The second-order valence-electron chi connectivity index (χ2n) is 7.06. The normalized spacial score (nSPS) is 13.7. The third-order valence-electron chi connectivity index (χ3n) is 5.08. The molecule has 4 rings (SSSR count). The number of carbonyl (C=O) groups is 1. The number of benzene rings is 1. The van der Waals surface area contributed by atoms with Crippen molar-refractivity contribution in [2.24, 2.45) is 0 Å². The van der Waals surface area contributed by atoms with Crippen molar-refractivity contribution in [3.63, 3.8) is 0 Å². The first-order valence-corrected chi connectivity index (χ1v) is 11.6. The largest absolute Gasteiger partial charge is 0.342 e. The fourth-order valence-corrected chi connectivity index (χ4v) is 5.17. The number of nitrogens with zero attached hydrogens (tertiary/aromatic N) is 3. The minimum absolute atomic E-state index is 0.0934. The number of aromatic nitrogens is 2. The van der Waals surface area contributed by atoms with E-state index in [4.69, 9.17) is 4.98 Å². The molecule has 1 saturated heterocycles. The van der Waals surface area contributed by atoms with Gasteiger partial charge in [0.05, 0.1) is 11.1 Å². The van der Waals surface area contributed by atoms with Gasteiger partial charge in [0, 0.05) is 30.6 Å². The highest BCUT2D eigenvalue weighted by molar-refractivity contribution is 7.99. The lowest BCUT2D eigenvalue weighted by Gasteiger charge is -2.30. The number of carbonyl (C=O) groups excluding carboxylic acids is 1. The molecule has 0 saturated carbocycles. The van der Waals surface area contributed by atoms with Crippen LogP contribution in [0.4, 0.5) is 4.39 Å². The highest BCUT2D eigenvalue weighted by Crippen LogP contribution is 2.32. The number of halogens is 1. The van der Waals surface area contributed by atoms with E-state index in [-0.39, 0.29) is 17.3 Å². The summed E-state index contributed by atoms with van der Waals surface area (Å²) < 4.78 is 15.0. The minimum Gasteiger partial charge on any atom is -0.342 e. The van der Waals surface area contributed by atoms with Gasteiger partial charge in [-0.05, 0) is 30.5 Å². The Bertz CT molecular complexity index is 1090. The van der Waals surface area contributed by atoms with Crippen LogP contribution in [0.1, 0.15) is 26.2 Å². The Labute approximate surface area is 176 Å². The molecule has 0 aliphatic carbocycles. The van der Waals surface area contributed by atoms with E-state index in [1.54, 1.807) is 16.7 Å². The van der Waals surface area contributed by atoms with Gasteiger partial charge in [-0.2, -0.15) is 0 Å². The van der Waals surface area contributed by atoms with Gasteiger partial charge in [0.2, 0.25) is 5.91 Å². The highest BCUT2D eigenvalue weighted by atomic mass is 32.2. The van der Waals surface area contributed by atoms with Crippen molar-refractivity contribution in [3.05, 3.63) is 45.8 Å². The van der Waals surface area contributed by atoms with Crippen molar-refractivity contribution in [2.75, 3.05) is 18.8 Å². The molecule has 5 nitrogen and oxygen atoms in total. The molecule has 2 aromatic heterocycles. The monoisotopic (exact) mass is 431 g/mol. The molecular formula is C21H22FN3O2S2. The van der Waals surface area contributed by atoms with Gasteiger partial charge in [-0.1, -0.05) is 37.2 Å². The number of rotatable bonds is 7. The van der Waals surface area contributed by atoms with Crippen LogP contribution in [0.2, 0.25) is 0 Å². The van der Waals surface area contributed by atoms with Crippen molar-refractivity contribution in [1.29, 1.82) is 0 Å². The van der Waals surface area contributed by atoms with Gasteiger partial charge in [0.15, 0.2) is 5.16 Å². The van der Waals surface area contributed by atoms with Crippen LogP contribution >= 0.6 is 23.1 Å². The zero-order valence-electron chi connectivity index (χ0n) is 16.2. The lowest BCUT2D eigenvalue weighted by Crippen LogP contribution is -2.43. The zero-order valence-corrected chi connectivity index (χ0v) is 17.8. The van der Waals surface area contributed by atoms with E-state index in [2.05, 4.69) is 6.92 Å². The van der Waals surface area contributed by atoms with Crippen LogP contribution in [0, 0.1) is 5.82 Å². The maximum absolute atomic E-state index is 13.4. The summed E-state index contributed by atoms with van der Waals surface area (Å²) in [5, 5.41) is 3.06. The smallest absolute Gasteiger partial charge is 0.263 e. The molecule has 1 aliphatic rings. The maximum Gasteiger partial charge on any atom is 0.263 e. The quantitative estimate of drug-likeness (QED) is 0.411. The Morgan fingerprint density at radius 1 is 1.28 bits per heavy atom. The predicted molar refractivity (Wildman–Crippen MR) is 116 cm³/mol. The molecule has 1 amide bonds. The van der Waals surface area contributed by atoms with Crippen LogP contribution in [-0.4, -0.2) is 39.2 Å². The molecule has 3 aromatic rings. The van der Waals surface area contributed by atoms with Crippen LogP contribution in [0.3, 0.4) is 0 Å². The molecule has 0 spiro atoms. The van der Waals surface area contributed by atoms with Crippen LogP contribution in [0.25, 0.3) is 21.3 Å². The van der Waals surface area contributed by atoms with Crippen molar-refractivity contribution in [3.8, 4) is 11.1 Å². The fraction of sp³-hybridized carbons (Fsp3) is 0.381. The molecule has 0 atom stereocenters.